The largest absolute Gasteiger partial charge is 0.457 e. The quantitative estimate of drug-likeness (QED) is 0.873. The number of hydrogen-bond acceptors (Lipinski definition) is 2. The smallest absolute Gasteiger partial charge is 0.416 e. The Balaban J connectivity index is 2.33. The first-order chi connectivity index (χ1) is 9.40. The molecule has 0 aliphatic heterocycles. The Bertz CT molecular complexity index is 614. The second kappa shape index (κ2) is 5.85. The molecule has 0 aromatic heterocycles. The molecule has 20 heavy (non-hydrogen) atoms. The fourth-order valence-electron chi connectivity index (χ4n) is 1.67. The molecule has 0 atom stereocenters. The predicted molar refractivity (Wildman–Crippen MR) is 73.6 cm³/mol. The van der Waals surface area contributed by atoms with Crippen molar-refractivity contribution in [2.24, 2.45) is 5.73 Å². The van der Waals surface area contributed by atoms with Gasteiger partial charge in [0, 0.05) is 16.6 Å². The highest BCUT2D eigenvalue weighted by molar-refractivity contribution is 9.10. The van der Waals surface area contributed by atoms with Gasteiger partial charge in [-0.25, -0.2) is 0 Å². The van der Waals surface area contributed by atoms with Crippen LogP contribution >= 0.6 is 15.9 Å². The second-order valence-electron chi connectivity index (χ2n) is 4.08. The van der Waals surface area contributed by atoms with Crippen LogP contribution in [0.15, 0.2) is 46.9 Å². The minimum atomic E-state index is -4.39. The average molecular weight is 346 g/mol. The van der Waals surface area contributed by atoms with Crippen molar-refractivity contribution in [3.05, 3.63) is 58.1 Å². The van der Waals surface area contributed by atoms with E-state index < -0.39 is 11.7 Å². The Kier molecular flexibility index (Phi) is 4.35. The Morgan fingerprint density at radius 2 is 1.85 bits per heavy atom. The third kappa shape index (κ3) is 3.52. The summed E-state index contributed by atoms with van der Waals surface area (Å²) >= 11 is 3.30. The molecule has 2 nitrogen and oxygen atoms in total. The molecule has 0 heterocycles. The van der Waals surface area contributed by atoms with Gasteiger partial charge in [-0.3, -0.25) is 0 Å². The van der Waals surface area contributed by atoms with Crippen molar-refractivity contribution in [3.63, 3.8) is 0 Å². The van der Waals surface area contributed by atoms with Crippen molar-refractivity contribution in [2.45, 2.75) is 12.7 Å². The van der Waals surface area contributed by atoms with Crippen LogP contribution in [0.3, 0.4) is 0 Å². The molecular weight excluding hydrogens is 335 g/mol. The Labute approximate surface area is 122 Å². The van der Waals surface area contributed by atoms with Gasteiger partial charge < -0.3 is 10.5 Å². The Morgan fingerprint density at radius 3 is 2.45 bits per heavy atom. The fraction of sp³-hybridized carbons (Fsp3) is 0.143. The van der Waals surface area contributed by atoms with Gasteiger partial charge in [-0.15, -0.1) is 0 Å². The van der Waals surface area contributed by atoms with Crippen LogP contribution in [0.2, 0.25) is 0 Å². The van der Waals surface area contributed by atoms with E-state index in [2.05, 4.69) is 15.9 Å². The maximum Gasteiger partial charge on any atom is 0.416 e. The average Bonchev–Trinajstić information content (AvgIpc) is 2.38. The van der Waals surface area contributed by atoms with Gasteiger partial charge in [0.05, 0.1) is 5.56 Å². The lowest BCUT2D eigenvalue weighted by Gasteiger charge is -2.13. The number of rotatable bonds is 3. The van der Waals surface area contributed by atoms with E-state index >= 15 is 0 Å². The summed E-state index contributed by atoms with van der Waals surface area (Å²) in [6.07, 6.45) is -4.39. The first-order valence-corrected chi connectivity index (χ1v) is 6.53. The summed E-state index contributed by atoms with van der Waals surface area (Å²) in [5, 5.41) is 0. The van der Waals surface area contributed by atoms with Gasteiger partial charge in [0.1, 0.15) is 11.5 Å². The molecule has 0 amide bonds. The number of benzene rings is 2. The normalized spacial score (nSPS) is 11.4. The zero-order chi connectivity index (χ0) is 14.8. The highest BCUT2D eigenvalue weighted by atomic mass is 79.9. The highest BCUT2D eigenvalue weighted by Crippen LogP contribution is 2.34. The van der Waals surface area contributed by atoms with E-state index in [9.17, 15) is 13.2 Å². The number of alkyl halides is 3. The van der Waals surface area contributed by atoms with E-state index in [1.807, 2.05) is 6.07 Å². The Hall–Kier alpha value is -1.53. The SMILES string of the molecule is NCc1cc(C(F)(F)F)ccc1Oc1cccc(Br)c1. The van der Waals surface area contributed by atoms with Gasteiger partial charge in [0.15, 0.2) is 0 Å². The molecule has 0 spiro atoms. The molecule has 0 saturated carbocycles. The summed E-state index contributed by atoms with van der Waals surface area (Å²) in [5.74, 6) is 0.840. The van der Waals surface area contributed by atoms with Crippen LogP contribution in [0.4, 0.5) is 13.2 Å². The van der Waals surface area contributed by atoms with Crippen molar-refractivity contribution >= 4 is 15.9 Å². The summed E-state index contributed by atoms with van der Waals surface area (Å²) in [6.45, 7) is -0.0345. The molecule has 0 aliphatic rings. The number of halogens is 4. The standard InChI is InChI=1S/C14H11BrF3NO/c15-11-2-1-3-12(7-11)20-13-5-4-10(14(16,17)18)6-9(13)8-19/h1-7H,8,19H2. The van der Waals surface area contributed by atoms with Gasteiger partial charge in [0.2, 0.25) is 0 Å². The number of nitrogens with two attached hydrogens (primary N) is 1. The fourth-order valence-corrected chi connectivity index (χ4v) is 2.05. The number of hydrogen-bond donors (Lipinski definition) is 1. The third-order valence-corrected chi connectivity index (χ3v) is 3.12. The molecule has 2 aromatic carbocycles. The van der Waals surface area contributed by atoms with Crippen LogP contribution in [0, 0.1) is 0 Å². The molecule has 0 bridgehead atoms. The molecule has 2 rings (SSSR count). The van der Waals surface area contributed by atoms with Gasteiger partial charge in [-0.2, -0.15) is 13.2 Å². The summed E-state index contributed by atoms with van der Waals surface area (Å²) in [7, 11) is 0. The second-order valence-corrected chi connectivity index (χ2v) is 5.00. The minimum absolute atomic E-state index is 0.0345. The first kappa shape index (κ1) is 14.9. The Morgan fingerprint density at radius 1 is 1.10 bits per heavy atom. The van der Waals surface area contributed by atoms with E-state index in [1.165, 1.54) is 6.07 Å². The molecule has 2 N–H and O–H groups in total. The maximum absolute atomic E-state index is 12.6. The van der Waals surface area contributed by atoms with Gasteiger partial charge in [-0.05, 0) is 36.4 Å². The first-order valence-electron chi connectivity index (χ1n) is 5.74. The molecule has 0 radical (unpaired) electrons. The topological polar surface area (TPSA) is 35.2 Å². The molecule has 106 valence electrons. The summed E-state index contributed by atoms with van der Waals surface area (Å²) in [4.78, 5) is 0. The lowest BCUT2D eigenvalue weighted by Crippen LogP contribution is -2.08. The van der Waals surface area contributed by atoms with E-state index in [1.54, 1.807) is 18.2 Å². The van der Waals surface area contributed by atoms with Crippen LogP contribution < -0.4 is 10.5 Å². The van der Waals surface area contributed by atoms with Crippen molar-refractivity contribution in [1.82, 2.24) is 0 Å². The summed E-state index contributed by atoms with van der Waals surface area (Å²) in [6, 6.07) is 10.3. The van der Waals surface area contributed by atoms with Crippen LogP contribution in [-0.4, -0.2) is 0 Å². The molecule has 0 unspecified atom stereocenters. The van der Waals surface area contributed by atoms with Crippen molar-refractivity contribution in [3.8, 4) is 11.5 Å². The van der Waals surface area contributed by atoms with Crippen molar-refractivity contribution in [2.75, 3.05) is 0 Å². The van der Waals surface area contributed by atoms with Crippen LogP contribution in [0.1, 0.15) is 11.1 Å². The van der Waals surface area contributed by atoms with Crippen LogP contribution in [0.25, 0.3) is 0 Å². The van der Waals surface area contributed by atoms with Gasteiger partial charge >= 0.3 is 6.18 Å². The zero-order valence-electron chi connectivity index (χ0n) is 10.2. The molecule has 2 aromatic rings. The monoisotopic (exact) mass is 345 g/mol. The maximum atomic E-state index is 12.6. The number of ether oxygens (including phenoxy) is 1. The highest BCUT2D eigenvalue weighted by Gasteiger charge is 2.31. The van der Waals surface area contributed by atoms with E-state index in [0.717, 1.165) is 16.6 Å². The van der Waals surface area contributed by atoms with Crippen molar-refractivity contribution < 1.29 is 17.9 Å². The summed E-state index contributed by atoms with van der Waals surface area (Å²) < 4.78 is 44.3. The van der Waals surface area contributed by atoms with Crippen molar-refractivity contribution in [1.29, 1.82) is 0 Å². The minimum Gasteiger partial charge on any atom is -0.457 e. The van der Waals surface area contributed by atoms with Crippen LogP contribution in [0.5, 0.6) is 11.5 Å². The van der Waals surface area contributed by atoms with Gasteiger partial charge in [0.25, 0.3) is 0 Å². The van der Waals surface area contributed by atoms with Gasteiger partial charge in [-0.1, -0.05) is 22.0 Å². The lowest BCUT2D eigenvalue weighted by molar-refractivity contribution is -0.137. The molecular formula is C14H11BrF3NO. The van der Waals surface area contributed by atoms with Crippen LogP contribution in [-0.2, 0) is 12.7 Å². The van der Waals surface area contributed by atoms with E-state index in [-0.39, 0.29) is 6.54 Å². The predicted octanol–water partition coefficient (Wildman–Crippen LogP) is 4.72. The molecule has 0 aliphatic carbocycles. The van der Waals surface area contributed by atoms with E-state index in [0.29, 0.717) is 17.1 Å². The molecule has 6 heteroatoms. The van der Waals surface area contributed by atoms with E-state index in [4.69, 9.17) is 10.5 Å². The zero-order valence-corrected chi connectivity index (χ0v) is 11.8. The lowest BCUT2D eigenvalue weighted by atomic mass is 10.1. The summed E-state index contributed by atoms with van der Waals surface area (Å²) in [5.41, 5.74) is 5.06. The third-order valence-electron chi connectivity index (χ3n) is 2.63. The molecule has 0 fully saturated rings. The molecule has 0 saturated heterocycles.